The largest absolute Gasteiger partial charge is 0.388 e. The van der Waals surface area contributed by atoms with Crippen molar-refractivity contribution < 1.29 is 9.90 Å². The predicted molar refractivity (Wildman–Crippen MR) is 80.9 cm³/mol. The van der Waals surface area contributed by atoms with Gasteiger partial charge in [-0.1, -0.05) is 19.1 Å². The van der Waals surface area contributed by atoms with Gasteiger partial charge >= 0.3 is 0 Å². The lowest BCUT2D eigenvalue weighted by Crippen LogP contribution is -2.45. The van der Waals surface area contributed by atoms with Gasteiger partial charge < -0.3 is 10.4 Å². The summed E-state index contributed by atoms with van der Waals surface area (Å²) in [5, 5.41) is 13.3. The molecule has 1 aliphatic rings. The Hall–Kier alpha value is -1.06. The number of carbonyl (C=O) groups is 1. The van der Waals surface area contributed by atoms with Crippen molar-refractivity contribution >= 4 is 17.5 Å². The Labute approximate surface area is 125 Å². The van der Waals surface area contributed by atoms with Gasteiger partial charge in [0.1, 0.15) is 0 Å². The first-order chi connectivity index (χ1) is 9.52. The smallest absolute Gasteiger partial charge is 0.251 e. The number of nitrogens with one attached hydrogen (secondary N) is 1. The molecule has 0 saturated heterocycles. The Bertz CT molecular complexity index is 450. The molecule has 110 valence electrons. The summed E-state index contributed by atoms with van der Waals surface area (Å²) >= 11 is 5.72. The van der Waals surface area contributed by atoms with Crippen molar-refractivity contribution in [1.29, 1.82) is 0 Å². The van der Waals surface area contributed by atoms with Crippen LogP contribution in [0.2, 0.25) is 0 Å². The number of hydrogen-bond acceptors (Lipinski definition) is 2. The summed E-state index contributed by atoms with van der Waals surface area (Å²) < 4.78 is 0. The lowest BCUT2D eigenvalue weighted by atomic mass is 9.79. The van der Waals surface area contributed by atoms with Crippen LogP contribution in [0.25, 0.3) is 0 Å². The van der Waals surface area contributed by atoms with Crippen LogP contribution in [0, 0.1) is 5.92 Å². The van der Waals surface area contributed by atoms with E-state index in [2.05, 4.69) is 12.2 Å². The molecule has 0 aliphatic heterocycles. The third-order valence-corrected chi connectivity index (χ3v) is 4.46. The highest BCUT2D eigenvalue weighted by Crippen LogP contribution is 2.31. The van der Waals surface area contributed by atoms with Crippen molar-refractivity contribution in [2.24, 2.45) is 5.92 Å². The van der Waals surface area contributed by atoms with E-state index in [0.717, 1.165) is 31.2 Å². The standard InChI is InChI=1S/C16H22ClNO2/c1-12-6-8-16(20,9-7-12)11-18-15(19)14-4-2-13(10-17)3-5-14/h2-5,12,20H,6-11H2,1H3,(H,18,19). The average Bonchev–Trinajstić information content (AvgIpc) is 2.48. The van der Waals surface area contributed by atoms with Gasteiger partial charge in [-0.05, 0) is 49.3 Å². The van der Waals surface area contributed by atoms with Crippen molar-refractivity contribution in [3.05, 3.63) is 35.4 Å². The highest BCUT2D eigenvalue weighted by molar-refractivity contribution is 6.17. The summed E-state index contributed by atoms with van der Waals surface area (Å²) in [6, 6.07) is 7.22. The maximum atomic E-state index is 12.0. The van der Waals surface area contributed by atoms with Crippen LogP contribution in [0.5, 0.6) is 0 Å². The molecule has 1 aromatic rings. The SMILES string of the molecule is CC1CCC(O)(CNC(=O)c2ccc(CCl)cc2)CC1. The zero-order valence-electron chi connectivity index (χ0n) is 11.9. The summed E-state index contributed by atoms with van der Waals surface area (Å²) in [5.41, 5.74) is 0.855. The van der Waals surface area contributed by atoms with E-state index in [1.807, 2.05) is 12.1 Å². The van der Waals surface area contributed by atoms with Crippen LogP contribution in [-0.4, -0.2) is 23.2 Å². The van der Waals surface area contributed by atoms with Crippen LogP contribution >= 0.6 is 11.6 Å². The highest BCUT2D eigenvalue weighted by Gasteiger charge is 2.32. The minimum atomic E-state index is -0.738. The van der Waals surface area contributed by atoms with Crippen LogP contribution in [0.4, 0.5) is 0 Å². The summed E-state index contributed by atoms with van der Waals surface area (Å²) in [4.78, 5) is 12.0. The molecular weight excluding hydrogens is 274 g/mol. The summed E-state index contributed by atoms with van der Waals surface area (Å²) in [7, 11) is 0. The Balaban J connectivity index is 1.88. The van der Waals surface area contributed by atoms with Crippen LogP contribution in [-0.2, 0) is 5.88 Å². The second-order valence-electron chi connectivity index (χ2n) is 5.92. The van der Waals surface area contributed by atoms with E-state index in [9.17, 15) is 9.90 Å². The molecule has 3 nitrogen and oxygen atoms in total. The molecule has 1 fully saturated rings. The van der Waals surface area contributed by atoms with Gasteiger partial charge in [0.15, 0.2) is 0 Å². The maximum absolute atomic E-state index is 12.0. The molecule has 0 radical (unpaired) electrons. The maximum Gasteiger partial charge on any atom is 0.251 e. The molecule has 0 unspecified atom stereocenters. The lowest BCUT2D eigenvalue weighted by molar-refractivity contribution is -0.00539. The van der Waals surface area contributed by atoms with Crippen LogP contribution in [0.15, 0.2) is 24.3 Å². The lowest BCUT2D eigenvalue weighted by Gasteiger charge is -2.34. The molecule has 4 heteroatoms. The van der Waals surface area contributed by atoms with E-state index >= 15 is 0 Å². The minimum Gasteiger partial charge on any atom is -0.388 e. The van der Waals surface area contributed by atoms with Crippen LogP contribution in [0.3, 0.4) is 0 Å². The van der Waals surface area contributed by atoms with E-state index in [0.29, 0.717) is 23.9 Å². The second kappa shape index (κ2) is 6.59. The van der Waals surface area contributed by atoms with E-state index in [1.165, 1.54) is 0 Å². The van der Waals surface area contributed by atoms with Crippen molar-refractivity contribution in [2.45, 2.75) is 44.1 Å². The van der Waals surface area contributed by atoms with E-state index in [-0.39, 0.29) is 5.91 Å². The molecule has 1 amide bonds. The molecule has 0 bridgehead atoms. The second-order valence-corrected chi connectivity index (χ2v) is 6.19. The molecule has 0 atom stereocenters. The van der Waals surface area contributed by atoms with Gasteiger partial charge in [0.2, 0.25) is 0 Å². The van der Waals surface area contributed by atoms with Crippen LogP contribution < -0.4 is 5.32 Å². The van der Waals surface area contributed by atoms with E-state index in [4.69, 9.17) is 11.6 Å². The van der Waals surface area contributed by atoms with Crippen molar-refractivity contribution in [1.82, 2.24) is 5.32 Å². The quantitative estimate of drug-likeness (QED) is 0.839. The average molecular weight is 296 g/mol. The zero-order valence-corrected chi connectivity index (χ0v) is 12.6. The molecular formula is C16H22ClNO2. The Morgan fingerprint density at radius 2 is 1.95 bits per heavy atom. The van der Waals surface area contributed by atoms with Crippen molar-refractivity contribution in [3.8, 4) is 0 Å². The number of amides is 1. The molecule has 0 spiro atoms. The first kappa shape index (κ1) is 15.3. The number of rotatable bonds is 4. The van der Waals surface area contributed by atoms with E-state index < -0.39 is 5.60 Å². The van der Waals surface area contributed by atoms with Gasteiger partial charge in [-0.15, -0.1) is 11.6 Å². The molecule has 20 heavy (non-hydrogen) atoms. The minimum absolute atomic E-state index is 0.141. The van der Waals surface area contributed by atoms with Gasteiger partial charge in [-0.2, -0.15) is 0 Å². The molecule has 0 heterocycles. The molecule has 1 aliphatic carbocycles. The molecule has 2 rings (SSSR count). The van der Waals surface area contributed by atoms with Gasteiger partial charge in [0.05, 0.1) is 5.60 Å². The first-order valence-electron chi connectivity index (χ1n) is 7.18. The normalized spacial score (nSPS) is 26.2. The number of hydrogen-bond donors (Lipinski definition) is 2. The number of alkyl halides is 1. The molecule has 2 N–H and O–H groups in total. The fourth-order valence-corrected chi connectivity index (χ4v) is 2.75. The third-order valence-electron chi connectivity index (χ3n) is 4.15. The van der Waals surface area contributed by atoms with E-state index in [1.54, 1.807) is 12.1 Å². The van der Waals surface area contributed by atoms with Gasteiger partial charge in [0, 0.05) is 18.0 Å². The van der Waals surface area contributed by atoms with Crippen LogP contribution in [0.1, 0.15) is 48.5 Å². The van der Waals surface area contributed by atoms with Gasteiger partial charge in [-0.25, -0.2) is 0 Å². The molecule has 0 aromatic heterocycles. The third kappa shape index (κ3) is 3.97. The number of benzene rings is 1. The predicted octanol–water partition coefficient (Wildman–Crippen LogP) is 3.10. The van der Waals surface area contributed by atoms with Gasteiger partial charge in [-0.3, -0.25) is 4.79 Å². The topological polar surface area (TPSA) is 49.3 Å². The zero-order chi connectivity index (χ0) is 14.6. The highest BCUT2D eigenvalue weighted by atomic mass is 35.5. The number of carbonyl (C=O) groups excluding carboxylic acids is 1. The number of aliphatic hydroxyl groups is 1. The summed E-state index contributed by atoms with van der Waals surface area (Å²) in [6.45, 7) is 2.53. The van der Waals surface area contributed by atoms with Crippen molar-refractivity contribution in [3.63, 3.8) is 0 Å². The Kier molecular flexibility index (Phi) is 5.06. The number of halogens is 1. The monoisotopic (exact) mass is 295 g/mol. The fourth-order valence-electron chi connectivity index (χ4n) is 2.57. The fraction of sp³-hybridized carbons (Fsp3) is 0.562. The summed E-state index contributed by atoms with van der Waals surface area (Å²) in [6.07, 6.45) is 3.58. The Morgan fingerprint density at radius 1 is 1.35 bits per heavy atom. The molecule has 1 saturated carbocycles. The van der Waals surface area contributed by atoms with Crippen molar-refractivity contribution in [2.75, 3.05) is 6.54 Å². The summed E-state index contributed by atoms with van der Waals surface area (Å²) in [5.74, 6) is 0.979. The Morgan fingerprint density at radius 3 is 2.50 bits per heavy atom. The molecule has 1 aromatic carbocycles. The van der Waals surface area contributed by atoms with Gasteiger partial charge in [0.25, 0.3) is 5.91 Å². The first-order valence-corrected chi connectivity index (χ1v) is 7.71.